The molecule has 1 fully saturated rings. The highest BCUT2D eigenvalue weighted by molar-refractivity contribution is 9.09. The van der Waals surface area contributed by atoms with E-state index in [2.05, 4.69) is 20.9 Å². The standard InChI is InChI=1S/C11H15BrN2O/c1-9-5-13-10(15)14(6-9)8-11(7-12)3-2-4-11/h5-6H,2-4,7-8H2,1H3. The molecule has 15 heavy (non-hydrogen) atoms. The van der Waals surface area contributed by atoms with Crippen molar-refractivity contribution in [2.24, 2.45) is 5.41 Å². The van der Waals surface area contributed by atoms with Crippen molar-refractivity contribution in [2.75, 3.05) is 5.33 Å². The molecule has 0 bridgehead atoms. The van der Waals surface area contributed by atoms with Crippen LogP contribution in [0.5, 0.6) is 0 Å². The van der Waals surface area contributed by atoms with Gasteiger partial charge in [0.15, 0.2) is 0 Å². The first kappa shape index (κ1) is 10.9. The van der Waals surface area contributed by atoms with Crippen molar-refractivity contribution in [3.05, 3.63) is 28.4 Å². The summed E-state index contributed by atoms with van der Waals surface area (Å²) in [6.07, 6.45) is 7.22. The van der Waals surface area contributed by atoms with Crippen LogP contribution in [0.4, 0.5) is 0 Å². The zero-order chi connectivity index (χ0) is 10.9. The third-order valence-corrected chi connectivity index (χ3v) is 4.38. The largest absolute Gasteiger partial charge is 0.347 e. The molecule has 0 amide bonds. The fourth-order valence-electron chi connectivity index (χ4n) is 2.05. The van der Waals surface area contributed by atoms with Gasteiger partial charge in [0, 0.05) is 24.3 Å². The number of hydrogen-bond donors (Lipinski definition) is 0. The van der Waals surface area contributed by atoms with E-state index in [-0.39, 0.29) is 5.69 Å². The zero-order valence-electron chi connectivity index (χ0n) is 8.87. The number of alkyl halides is 1. The molecule has 0 aromatic carbocycles. The highest BCUT2D eigenvalue weighted by Gasteiger charge is 2.36. The van der Waals surface area contributed by atoms with Crippen LogP contribution < -0.4 is 5.69 Å². The predicted octanol–water partition coefficient (Wildman–Crippen LogP) is 2.12. The van der Waals surface area contributed by atoms with Crippen LogP contribution in [0.2, 0.25) is 0 Å². The van der Waals surface area contributed by atoms with Crippen LogP contribution in [-0.4, -0.2) is 14.9 Å². The van der Waals surface area contributed by atoms with E-state index >= 15 is 0 Å². The van der Waals surface area contributed by atoms with Crippen molar-refractivity contribution in [2.45, 2.75) is 32.7 Å². The van der Waals surface area contributed by atoms with Gasteiger partial charge in [0.2, 0.25) is 0 Å². The average Bonchev–Trinajstić information content (AvgIpc) is 2.17. The monoisotopic (exact) mass is 270 g/mol. The number of nitrogens with zero attached hydrogens (tertiary/aromatic N) is 2. The van der Waals surface area contributed by atoms with Crippen molar-refractivity contribution < 1.29 is 0 Å². The molecule has 0 radical (unpaired) electrons. The number of hydrogen-bond acceptors (Lipinski definition) is 2. The first-order valence-electron chi connectivity index (χ1n) is 5.24. The van der Waals surface area contributed by atoms with E-state index in [4.69, 9.17) is 0 Å². The van der Waals surface area contributed by atoms with Gasteiger partial charge in [-0.2, -0.15) is 0 Å². The van der Waals surface area contributed by atoms with Crippen LogP contribution in [0.15, 0.2) is 17.2 Å². The van der Waals surface area contributed by atoms with Gasteiger partial charge in [0.05, 0.1) is 0 Å². The molecular formula is C11H15BrN2O. The molecule has 1 aliphatic rings. The molecule has 1 aromatic rings. The molecule has 0 N–H and O–H groups in total. The molecule has 1 aromatic heterocycles. The van der Waals surface area contributed by atoms with Gasteiger partial charge in [-0.15, -0.1) is 0 Å². The lowest BCUT2D eigenvalue weighted by Gasteiger charge is -2.40. The Morgan fingerprint density at radius 1 is 1.60 bits per heavy atom. The van der Waals surface area contributed by atoms with Crippen LogP contribution in [0, 0.1) is 12.3 Å². The van der Waals surface area contributed by atoms with Gasteiger partial charge >= 0.3 is 5.69 Å². The summed E-state index contributed by atoms with van der Waals surface area (Å²) in [6, 6.07) is 0. The number of aryl methyl sites for hydroxylation is 1. The molecule has 1 heterocycles. The Kier molecular flexibility index (Phi) is 2.96. The van der Waals surface area contributed by atoms with Gasteiger partial charge in [-0.05, 0) is 30.7 Å². The zero-order valence-corrected chi connectivity index (χ0v) is 10.5. The summed E-state index contributed by atoms with van der Waals surface area (Å²) in [4.78, 5) is 15.4. The highest BCUT2D eigenvalue weighted by Crippen LogP contribution is 2.43. The van der Waals surface area contributed by atoms with Gasteiger partial charge in [-0.25, -0.2) is 9.78 Å². The third kappa shape index (κ3) is 2.14. The van der Waals surface area contributed by atoms with Crippen molar-refractivity contribution in [1.82, 2.24) is 9.55 Å². The minimum atomic E-state index is -0.132. The van der Waals surface area contributed by atoms with E-state index in [0.717, 1.165) is 17.4 Å². The molecule has 0 saturated heterocycles. The van der Waals surface area contributed by atoms with Crippen LogP contribution in [0.1, 0.15) is 24.8 Å². The quantitative estimate of drug-likeness (QED) is 0.789. The van der Waals surface area contributed by atoms with Crippen LogP contribution in [0.25, 0.3) is 0 Å². The summed E-state index contributed by atoms with van der Waals surface area (Å²) in [6.45, 7) is 2.76. The lowest BCUT2D eigenvalue weighted by atomic mass is 9.70. The Morgan fingerprint density at radius 2 is 2.33 bits per heavy atom. The fraction of sp³-hybridized carbons (Fsp3) is 0.636. The summed E-state index contributed by atoms with van der Waals surface area (Å²) < 4.78 is 1.75. The molecule has 0 aliphatic heterocycles. The van der Waals surface area contributed by atoms with E-state index in [1.165, 1.54) is 19.3 Å². The lowest BCUT2D eigenvalue weighted by molar-refractivity contribution is 0.137. The Labute approximate surface area is 97.7 Å². The molecule has 4 heteroatoms. The topological polar surface area (TPSA) is 34.9 Å². The van der Waals surface area contributed by atoms with Crippen molar-refractivity contribution >= 4 is 15.9 Å². The van der Waals surface area contributed by atoms with Crippen molar-refractivity contribution in [3.63, 3.8) is 0 Å². The molecule has 3 nitrogen and oxygen atoms in total. The van der Waals surface area contributed by atoms with Gasteiger partial charge in [0.25, 0.3) is 0 Å². The molecule has 0 unspecified atom stereocenters. The van der Waals surface area contributed by atoms with Crippen LogP contribution in [0.3, 0.4) is 0 Å². The Hall–Kier alpha value is -0.640. The summed E-state index contributed by atoms with van der Waals surface area (Å²) in [5.74, 6) is 0. The second-order valence-electron chi connectivity index (χ2n) is 4.53. The number of rotatable bonds is 3. The number of aromatic nitrogens is 2. The molecular weight excluding hydrogens is 256 g/mol. The molecule has 0 atom stereocenters. The molecule has 1 saturated carbocycles. The van der Waals surface area contributed by atoms with Gasteiger partial charge in [-0.3, -0.25) is 4.57 Å². The van der Waals surface area contributed by atoms with Gasteiger partial charge in [-0.1, -0.05) is 22.4 Å². The summed E-state index contributed by atoms with van der Waals surface area (Å²) >= 11 is 3.55. The minimum absolute atomic E-state index is 0.132. The molecule has 1 aliphatic carbocycles. The SMILES string of the molecule is Cc1cnc(=O)n(CC2(CBr)CCC2)c1. The van der Waals surface area contributed by atoms with Crippen molar-refractivity contribution in [3.8, 4) is 0 Å². The summed E-state index contributed by atoms with van der Waals surface area (Å²) in [7, 11) is 0. The highest BCUT2D eigenvalue weighted by atomic mass is 79.9. The maximum Gasteiger partial charge on any atom is 0.347 e. The van der Waals surface area contributed by atoms with Gasteiger partial charge in [0.1, 0.15) is 0 Å². The smallest absolute Gasteiger partial charge is 0.298 e. The second kappa shape index (κ2) is 4.08. The minimum Gasteiger partial charge on any atom is -0.298 e. The predicted molar refractivity (Wildman–Crippen MR) is 63.3 cm³/mol. The first-order chi connectivity index (χ1) is 7.15. The maximum atomic E-state index is 11.5. The first-order valence-corrected chi connectivity index (χ1v) is 6.36. The van der Waals surface area contributed by atoms with E-state index in [1.807, 2.05) is 13.1 Å². The molecule has 0 spiro atoms. The third-order valence-electron chi connectivity index (χ3n) is 3.19. The summed E-state index contributed by atoms with van der Waals surface area (Å²) in [5, 5.41) is 0.973. The van der Waals surface area contributed by atoms with Crippen molar-refractivity contribution in [1.29, 1.82) is 0 Å². The average molecular weight is 271 g/mol. The Bertz CT molecular complexity index is 404. The van der Waals surface area contributed by atoms with E-state index in [9.17, 15) is 4.79 Å². The maximum absolute atomic E-state index is 11.5. The molecule has 82 valence electrons. The Morgan fingerprint density at radius 3 is 2.87 bits per heavy atom. The summed E-state index contributed by atoms with van der Waals surface area (Å²) in [5.41, 5.74) is 1.20. The second-order valence-corrected chi connectivity index (χ2v) is 5.09. The Balaban J connectivity index is 2.23. The van der Waals surface area contributed by atoms with E-state index < -0.39 is 0 Å². The lowest BCUT2D eigenvalue weighted by Crippen LogP contribution is -2.39. The van der Waals surface area contributed by atoms with E-state index in [0.29, 0.717) is 5.41 Å². The van der Waals surface area contributed by atoms with Crippen LogP contribution >= 0.6 is 15.9 Å². The van der Waals surface area contributed by atoms with E-state index in [1.54, 1.807) is 10.8 Å². The van der Waals surface area contributed by atoms with Crippen LogP contribution in [-0.2, 0) is 6.54 Å². The fourth-order valence-corrected chi connectivity index (χ4v) is 2.79. The molecule has 2 rings (SSSR count). The number of halogens is 1. The normalized spacial score (nSPS) is 18.5. The van der Waals surface area contributed by atoms with Gasteiger partial charge < -0.3 is 0 Å².